The van der Waals surface area contributed by atoms with Gasteiger partial charge in [-0.15, -0.1) is 0 Å². The Morgan fingerprint density at radius 3 is 2.31 bits per heavy atom. The zero-order valence-electron chi connectivity index (χ0n) is 27.4. The standard InChI is InChI=1S/C31H36F3N9O3.CH2O2/c1-4-20-17-22(5-6-23(20)30(46)42-15-13-41(14-16-42)29(45)21-7-10-39(2)11-8-21)37-28(44)27-36-18-25(40(27)3)24-19-43(12-9-35)38-26(24)31(32,33)34;2-1-3/h5-6,17-19,21H,4,7-8,10-16H2,1-3H3,(H,37,44);1H,(H,2,3). The molecule has 2 fully saturated rings. The molecule has 2 aliphatic rings. The number of amides is 3. The fourth-order valence-electron chi connectivity index (χ4n) is 6.02. The number of carbonyl (C=O) groups excluding carboxylic acids is 3. The van der Waals surface area contributed by atoms with Crippen molar-refractivity contribution in [3.63, 3.8) is 0 Å². The largest absolute Gasteiger partial charge is 0.483 e. The van der Waals surface area contributed by atoms with Crippen LogP contribution in [0, 0.1) is 17.2 Å². The summed E-state index contributed by atoms with van der Waals surface area (Å²) >= 11 is 0. The van der Waals surface area contributed by atoms with Crippen LogP contribution >= 0.6 is 0 Å². The average Bonchev–Trinajstić information content (AvgIpc) is 3.68. The first-order valence-corrected chi connectivity index (χ1v) is 15.6. The highest BCUT2D eigenvalue weighted by Gasteiger charge is 2.39. The number of imidazole rings is 1. The lowest BCUT2D eigenvalue weighted by atomic mass is 9.95. The molecule has 17 heteroatoms. The first kappa shape index (κ1) is 36.6. The lowest BCUT2D eigenvalue weighted by Crippen LogP contribution is -2.52. The van der Waals surface area contributed by atoms with E-state index in [1.54, 1.807) is 29.2 Å². The minimum Gasteiger partial charge on any atom is -0.483 e. The fourth-order valence-corrected chi connectivity index (χ4v) is 6.02. The van der Waals surface area contributed by atoms with Crippen LogP contribution in [0.3, 0.4) is 0 Å². The third-order valence-electron chi connectivity index (χ3n) is 8.65. The molecule has 0 spiro atoms. The number of anilines is 1. The molecule has 2 N–H and O–H groups in total. The van der Waals surface area contributed by atoms with Crippen LogP contribution < -0.4 is 5.32 Å². The number of aryl methyl sites for hydroxylation is 1. The van der Waals surface area contributed by atoms with Gasteiger partial charge in [-0.3, -0.25) is 23.9 Å². The summed E-state index contributed by atoms with van der Waals surface area (Å²) in [5.74, 6) is -0.729. The zero-order chi connectivity index (χ0) is 35.9. The van der Waals surface area contributed by atoms with Crippen LogP contribution in [0.15, 0.2) is 30.6 Å². The summed E-state index contributed by atoms with van der Waals surface area (Å²) in [6.07, 6.45) is -0.312. The Morgan fingerprint density at radius 1 is 1.08 bits per heavy atom. The van der Waals surface area contributed by atoms with Crippen LogP contribution in [0.5, 0.6) is 0 Å². The van der Waals surface area contributed by atoms with Crippen molar-refractivity contribution >= 4 is 29.9 Å². The maximum atomic E-state index is 13.7. The molecular formula is C32H38F3N9O5. The Kier molecular flexibility index (Phi) is 11.8. The van der Waals surface area contributed by atoms with Gasteiger partial charge < -0.3 is 29.7 Å². The fraction of sp³-hybridized carbons (Fsp3) is 0.469. The molecule has 0 saturated carbocycles. The minimum atomic E-state index is -4.78. The van der Waals surface area contributed by atoms with Crippen LogP contribution in [-0.4, -0.2) is 110 Å². The van der Waals surface area contributed by atoms with Gasteiger partial charge in [0.2, 0.25) is 5.91 Å². The van der Waals surface area contributed by atoms with E-state index in [0.29, 0.717) is 49.4 Å². The third-order valence-corrected chi connectivity index (χ3v) is 8.65. The van der Waals surface area contributed by atoms with E-state index >= 15 is 0 Å². The van der Waals surface area contributed by atoms with Crippen molar-refractivity contribution in [1.29, 1.82) is 5.26 Å². The second-order valence-electron chi connectivity index (χ2n) is 11.8. The molecule has 0 atom stereocenters. The Hall–Kier alpha value is -5.24. The molecule has 0 bridgehead atoms. The van der Waals surface area contributed by atoms with E-state index in [0.717, 1.165) is 43.0 Å². The van der Waals surface area contributed by atoms with E-state index in [4.69, 9.17) is 15.2 Å². The van der Waals surface area contributed by atoms with Crippen molar-refractivity contribution in [2.45, 2.75) is 38.9 Å². The molecule has 49 heavy (non-hydrogen) atoms. The summed E-state index contributed by atoms with van der Waals surface area (Å²) in [5, 5.41) is 22.0. The molecule has 0 aliphatic carbocycles. The maximum Gasteiger partial charge on any atom is 0.435 e. The number of nitrogens with one attached hydrogen (secondary N) is 1. The van der Waals surface area contributed by atoms with Gasteiger partial charge in [0.1, 0.15) is 6.54 Å². The van der Waals surface area contributed by atoms with E-state index in [1.165, 1.54) is 11.6 Å². The van der Waals surface area contributed by atoms with Crippen molar-refractivity contribution in [3.05, 3.63) is 53.2 Å². The summed E-state index contributed by atoms with van der Waals surface area (Å²) in [5.41, 5.74) is 0.131. The summed E-state index contributed by atoms with van der Waals surface area (Å²) in [4.78, 5) is 57.9. The number of halogens is 3. The Balaban J connectivity index is 0.00000174. The van der Waals surface area contributed by atoms with Gasteiger partial charge in [-0.1, -0.05) is 6.92 Å². The Bertz CT molecular complexity index is 1710. The van der Waals surface area contributed by atoms with Gasteiger partial charge in [-0.05, 0) is 63.2 Å². The van der Waals surface area contributed by atoms with Crippen LogP contribution in [0.25, 0.3) is 11.3 Å². The number of alkyl halides is 3. The molecule has 3 amide bonds. The number of hydrogen-bond donors (Lipinski definition) is 2. The topological polar surface area (TPSA) is 170 Å². The van der Waals surface area contributed by atoms with E-state index < -0.39 is 17.8 Å². The van der Waals surface area contributed by atoms with E-state index in [2.05, 4.69) is 27.3 Å². The van der Waals surface area contributed by atoms with E-state index in [-0.39, 0.29) is 47.8 Å². The van der Waals surface area contributed by atoms with Crippen LogP contribution in [0.2, 0.25) is 0 Å². The molecule has 0 radical (unpaired) electrons. The maximum absolute atomic E-state index is 13.7. The Labute approximate surface area is 280 Å². The number of nitriles is 1. The summed E-state index contributed by atoms with van der Waals surface area (Å²) in [7, 11) is 3.47. The quantitative estimate of drug-likeness (QED) is 0.355. The molecule has 14 nitrogen and oxygen atoms in total. The van der Waals surface area contributed by atoms with E-state index in [9.17, 15) is 27.6 Å². The van der Waals surface area contributed by atoms with Crippen LogP contribution in [0.4, 0.5) is 18.9 Å². The smallest absolute Gasteiger partial charge is 0.435 e. The van der Waals surface area contributed by atoms with Crippen LogP contribution in [-0.2, 0) is 35.8 Å². The third kappa shape index (κ3) is 8.44. The molecule has 0 unspecified atom stereocenters. The summed E-state index contributed by atoms with van der Waals surface area (Å²) in [6, 6.07) is 6.70. The predicted molar refractivity (Wildman–Crippen MR) is 170 cm³/mol. The number of likely N-dealkylation sites (tertiary alicyclic amines) is 1. The number of carboxylic acid groups (broad SMARTS) is 1. The molecule has 2 aromatic heterocycles. The van der Waals surface area contributed by atoms with Crippen molar-refractivity contribution < 1.29 is 37.5 Å². The van der Waals surface area contributed by atoms with Gasteiger partial charge >= 0.3 is 6.18 Å². The van der Waals surface area contributed by atoms with Gasteiger partial charge in [-0.2, -0.15) is 23.5 Å². The van der Waals surface area contributed by atoms with Crippen molar-refractivity contribution in [2.24, 2.45) is 13.0 Å². The number of carbonyl (C=O) groups is 4. The van der Waals surface area contributed by atoms with Gasteiger partial charge in [0.25, 0.3) is 18.3 Å². The van der Waals surface area contributed by atoms with Crippen molar-refractivity contribution in [1.82, 2.24) is 34.0 Å². The summed E-state index contributed by atoms with van der Waals surface area (Å²) in [6.45, 7) is 4.94. The van der Waals surface area contributed by atoms with Crippen molar-refractivity contribution in [3.8, 4) is 17.3 Å². The van der Waals surface area contributed by atoms with Gasteiger partial charge in [-0.25, -0.2) is 4.98 Å². The summed E-state index contributed by atoms with van der Waals surface area (Å²) < 4.78 is 43.1. The average molecular weight is 686 g/mol. The highest BCUT2D eigenvalue weighted by molar-refractivity contribution is 6.03. The zero-order valence-corrected chi connectivity index (χ0v) is 27.4. The monoisotopic (exact) mass is 685 g/mol. The van der Waals surface area contributed by atoms with Crippen molar-refractivity contribution in [2.75, 3.05) is 51.6 Å². The number of piperazine rings is 1. The SMILES string of the molecule is CCc1cc(NC(=O)c2ncc(-c3cn(CC#N)nc3C(F)(F)F)n2C)ccc1C(=O)N1CCN(C(=O)C2CCN(C)CC2)CC1.O=CO. The van der Waals surface area contributed by atoms with E-state index in [1.807, 2.05) is 11.8 Å². The molecular weight excluding hydrogens is 647 g/mol. The lowest BCUT2D eigenvalue weighted by Gasteiger charge is -2.38. The normalized spacial score (nSPS) is 15.6. The highest BCUT2D eigenvalue weighted by atomic mass is 19.4. The minimum absolute atomic E-state index is 0.00463. The number of hydrogen-bond acceptors (Lipinski definition) is 8. The molecule has 3 aromatic rings. The molecule has 262 valence electrons. The second kappa shape index (κ2) is 15.8. The number of piperidine rings is 1. The van der Waals surface area contributed by atoms with Gasteiger partial charge in [0.15, 0.2) is 11.5 Å². The van der Waals surface area contributed by atoms with Gasteiger partial charge in [0.05, 0.1) is 23.5 Å². The molecule has 5 rings (SSSR count). The molecule has 2 saturated heterocycles. The Morgan fingerprint density at radius 2 is 1.71 bits per heavy atom. The number of rotatable bonds is 7. The second-order valence-corrected chi connectivity index (χ2v) is 11.8. The first-order valence-electron chi connectivity index (χ1n) is 15.6. The van der Waals surface area contributed by atoms with Crippen LogP contribution in [0.1, 0.15) is 52.0 Å². The lowest BCUT2D eigenvalue weighted by molar-refractivity contribution is -0.141. The number of nitrogens with zero attached hydrogens (tertiary/aromatic N) is 8. The number of benzene rings is 1. The molecule has 4 heterocycles. The predicted octanol–water partition coefficient (Wildman–Crippen LogP) is 2.97. The first-order chi connectivity index (χ1) is 23.3. The van der Waals surface area contributed by atoms with Gasteiger partial charge in [0, 0.05) is 56.6 Å². The highest BCUT2D eigenvalue weighted by Crippen LogP contribution is 2.36. The number of aromatic nitrogens is 4. The molecule has 1 aromatic carbocycles. The molecule has 2 aliphatic heterocycles.